The Morgan fingerprint density at radius 1 is 0.545 bits per heavy atom. The zero-order chi connectivity index (χ0) is 8.98. The molecule has 0 atom stereocenters. The van der Waals surface area contributed by atoms with E-state index in [2.05, 4.69) is 0 Å². The second-order valence-electron chi connectivity index (χ2n) is 1.28. The molecule has 0 aromatic carbocycles. The molecule has 0 spiro atoms. The molecule has 0 aliphatic carbocycles. The molecule has 5 nitrogen and oxygen atoms in total. The van der Waals surface area contributed by atoms with Crippen molar-refractivity contribution >= 4 is 0 Å². The Morgan fingerprint density at radius 2 is 0.727 bits per heavy atom. The number of hydrogen-bond donors (Lipinski definition) is 0. The van der Waals surface area contributed by atoms with Crippen LogP contribution in [0.2, 0.25) is 0 Å². The predicted octanol–water partition coefficient (Wildman–Crippen LogP) is 0.0814. The molecule has 0 fully saturated rings. The van der Waals surface area contributed by atoms with Crippen molar-refractivity contribution in [3.8, 4) is 23.3 Å². The van der Waals surface area contributed by atoms with E-state index in [1.165, 1.54) is 23.3 Å². The Bertz CT molecular complexity index is 290. The summed E-state index contributed by atoms with van der Waals surface area (Å²) in [5.41, 5.74) is 0. The molecular formula is C5N5Ru. The molecule has 6 heteroatoms. The van der Waals surface area contributed by atoms with E-state index >= 15 is 0 Å². The Hall–Kier alpha value is -1.93. The third-order valence-corrected chi connectivity index (χ3v) is 4.68. The molecule has 0 aromatic rings. The topological polar surface area (TPSA) is 119 Å². The van der Waals surface area contributed by atoms with E-state index < -0.39 is 13.6 Å². The zero-order valence-corrected chi connectivity index (χ0v) is 6.83. The summed E-state index contributed by atoms with van der Waals surface area (Å²) in [5, 5.41) is 41.8. The fraction of sp³-hybridized carbons (Fsp3) is 0. The van der Waals surface area contributed by atoms with Crippen molar-refractivity contribution in [3.63, 3.8) is 0 Å². The summed E-state index contributed by atoms with van der Waals surface area (Å²) < 4.78 is 6.31. The van der Waals surface area contributed by atoms with Gasteiger partial charge in [-0.1, -0.05) is 0 Å². The molecule has 0 heterocycles. The first-order valence-corrected chi connectivity index (χ1v) is 6.35. The SMILES string of the molecule is N#[C][Ru]([C]#N)([C]#N)([C]#N)[C]#N. The second-order valence-corrected chi connectivity index (χ2v) is 7.57. The van der Waals surface area contributed by atoms with E-state index in [9.17, 15) is 0 Å². The second kappa shape index (κ2) is 2.36. The molecular weight excluding hydrogens is 231 g/mol. The standard InChI is InChI=1S/5CN.Ru/c5*1-2;. The van der Waals surface area contributed by atoms with Gasteiger partial charge in [0.15, 0.2) is 0 Å². The maximum atomic E-state index is 8.37. The van der Waals surface area contributed by atoms with Crippen LogP contribution in [0.3, 0.4) is 0 Å². The number of nitrogens with zero attached hydrogens (tertiary/aromatic N) is 5. The van der Waals surface area contributed by atoms with Gasteiger partial charge in [-0.05, 0) is 0 Å². The van der Waals surface area contributed by atoms with Crippen molar-refractivity contribution in [2.75, 3.05) is 0 Å². The van der Waals surface area contributed by atoms with Crippen LogP contribution in [0, 0.1) is 49.6 Å². The molecule has 0 rings (SSSR count). The Kier molecular flexibility index (Phi) is 1.95. The summed E-state index contributed by atoms with van der Waals surface area (Å²) in [4.78, 5) is 0. The molecule has 0 amide bonds. The summed E-state index contributed by atoms with van der Waals surface area (Å²) in [5.74, 6) is 0. The molecule has 0 saturated carbocycles. The van der Waals surface area contributed by atoms with Gasteiger partial charge in [0.25, 0.3) is 0 Å². The summed E-state index contributed by atoms with van der Waals surface area (Å²) in [6.07, 6.45) is 0. The molecule has 53 valence electrons. The first-order valence-electron chi connectivity index (χ1n) is 2.00. The van der Waals surface area contributed by atoms with Crippen molar-refractivity contribution in [1.29, 1.82) is 26.3 Å². The van der Waals surface area contributed by atoms with Crippen LogP contribution in [-0.2, 0) is 13.6 Å². The van der Waals surface area contributed by atoms with Crippen LogP contribution in [0.4, 0.5) is 0 Å². The van der Waals surface area contributed by atoms with E-state index in [0.29, 0.717) is 0 Å². The van der Waals surface area contributed by atoms with E-state index in [4.69, 9.17) is 26.3 Å². The van der Waals surface area contributed by atoms with E-state index in [-0.39, 0.29) is 0 Å². The van der Waals surface area contributed by atoms with Gasteiger partial charge in [0.2, 0.25) is 0 Å². The van der Waals surface area contributed by atoms with Crippen LogP contribution >= 0.6 is 0 Å². The number of hydrogen-bond acceptors (Lipinski definition) is 5. The third-order valence-electron chi connectivity index (χ3n) is 0.791. The molecule has 0 aromatic heterocycles. The first-order chi connectivity index (χ1) is 5.12. The Balaban J connectivity index is 5.87. The molecule has 0 N–H and O–H groups in total. The molecule has 0 radical (unpaired) electrons. The van der Waals surface area contributed by atoms with Gasteiger partial charge in [-0.2, -0.15) is 0 Å². The molecule has 0 aliphatic heterocycles. The average molecular weight is 231 g/mol. The summed E-state index contributed by atoms with van der Waals surface area (Å²) in [6.45, 7) is 0. The molecule has 0 unspecified atom stereocenters. The van der Waals surface area contributed by atoms with Gasteiger partial charge < -0.3 is 0 Å². The van der Waals surface area contributed by atoms with Crippen LogP contribution in [0.25, 0.3) is 0 Å². The van der Waals surface area contributed by atoms with Crippen LogP contribution in [-0.4, -0.2) is 0 Å². The van der Waals surface area contributed by atoms with Gasteiger partial charge in [0.05, 0.1) is 0 Å². The molecule has 0 bridgehead atoms. The van der Waals surface area contributed by atoms with Crippen molar-refractivity contribution < 1.29 is 13.6 Å². The van der Waals surface area contributed by atoms with Crippen LogP contribution in [0.15, 0.2) is 0 Å². The van der Waals surface area contributed by atoms with Gasteiger partial charge in [0, 0.05) is 0 Å². The van der Waals surface area contributed by atoms with Gasteiger partial charge in [-0.25, -0.2) is 0 Å². The fourth-order valence-corrected chi connectivity index (χ4v) is 1.05. The van der Waals surface area contributed by atoms with Gasteiger partial charge in [-0.3, -0.25) is 0 Å². The molecule has 0 saturated heterocycles. The molecule has 11 heavy (non-hydrogen) atoms. The van der Waals surface area contributed by atoms with Gasteiger partial charge in [-0.15, -0.1) is 0 Å². The quantitative estimate of drug-likeness (QED) is 0.547. The Labute approximate surface area is 63.6 Å². The fourth-order valence-electron chi connectivity index (χ4n) is 0.177. The van der Waals surface area contributed by atoms with E-state index in [1.54, 1.807) is 0 Å². The van der Waals surface area contributed by atoms with E-state index in [1.807, 2.05) is 0 Å². The molecule has 0 aliphatic rings. The van der Waals surface area contributed by atoms with Crippen LogP contribution in [0.5, 0.6) is 0 Å². The zero-order valence-electron chi connectivity index (χ0n) is 5.09. The summed E-state index contributed by atoms with van der Waals surface area (Å²) >= 11 is -5.18. The minimum atomic E-state index is -5.18. The monoisotopic (exact) mass is 232 g/mol. The number of nitriles is 5. The van der Waals surface area contributed by atoms with Crippen molar-refractivity contribution in [1.82, 2.24) is 0 Å². The van der Waals surface area contributed by atoms with Crippen molar-refractivity contribution in [2.24, 2.45) is 0 Å². The summed E-state index contributed by atoms with van der Waals surface area (Å²) in [7, 11) is 0. The van der Waals surface area contributed by atoms with E-state index in [0.717, 1.165) is 0 Å². The minimum absolute atomic E-state index is 1.26. The van der Waals surface area contributed by atoms with Crippen molar-refractivity contribution in [2.45, 2.75) is 0 Å². The number of rotatable bonds is 0. The van der Waals surface area contributed by atoms with Crippen LogP contribution in [0.1, 0.15) is 0 Å². The predicted molar refractivity (Wildman–Crippen MR) is 28.1 cm³/mol. The van der Waals surface area contributed by atoms with Crippen LogP contribution < -0.4 is 0 Å². The van der Waals surface area contributed by atoms with Gasteiger partial charge in [0.1, 0.15) is 0 Å². The average Bonchev–Trinajstić information content (AvgIpc) is 2.12. The van der Waals surface area contributed by atoms with Crippen molar-refractivity contribution in [3.05, 3.63) is 0 Å². The maximum absolute atomic E-state index is 8.37. The summed E-state index contributed by atoms with van der Waals surface area (Å²) in [6, 6.07) is 0. The normalized spacial score (nSPS) is 11.4. The van der Waals surface area contributed by atoms with Gasteiger partial charge >= 0.3 is 63.2 Å². The first kappa shape index (κ1) is 9.07. The third kappa shape index (κ3) is 0.912. The Morgan fingerprint density at radius 3 is 0.727 bits per heavy atom.